The molecule has 0 saturated heterocycles. The summed E-state index contributed by atoms with van der Waals surface area (Å²) in [5, 5.41) is 0. The van der Waals surface area contributed by atoms with Crippen molar-refractivity contribution in [1.29, 1.82) is 0 Å². The number of carbonyl (C=O) groups excluding carboxylic acids is 1. The number of ketones is 1. The van der Waals surface area contributed by atoms with Crippen molar-refractivity contribution >= 4 is 11.9 Å². The van der Waals surface area contributed by atoms with Crippen molar-refractivity contribution in [3.63, 3.8) is 0 Å². The van der Waals surface area contributed by atoms with Gasteiger partial charge in [0, 0.05) is 16.8 Å². The van der Waals surface area contributed by atoms with Gasteiger partial charge in [0.05, 0.1) is 14.2 Å². The smallest absolute Gasteiger partial charge is 0.206 e. The highest BCUT2D eigenvalue weighted by molar-refractivity contribution is 6.06. The number of rotatable bonds is 6. The van der Waals surface area contributed by atoms with Crippen LogP contribution in [0.1, 0.15) is 21.7 Å². The Labute approximate surface area is 152 Å². The van der Waals surface area contributed by atoms with E-state index in [0.717, 1.165) is 16.8 Å². The number of H-pyrrole nitrogens is 1. The van der Waals surface area contributed by atoms with Gasteiger partial charge >= 0.3 is 0 Å². The predicted octanol–water partition coefficient (Wildman–Crippen LogP) is 4.30. The Bertz CT molecular complexity index is 943. The first kappa shape index (κ1) is 17.5. The molecule has 2 aromatic carbocycles. The third-order valence-corrected chi connectivity index (χ3v) is 4.01. The highest BCUT2D eigenvalue weighted by Crippen LogP contribution is 2.31. The van der Waals surface area contributed by atoms with Crippen LogP contribution in [0.15, 0.2) is 54.6 Å². The van der Waals surface area contributed by atoms with Crippen molar-refractivity contribution < 1.29 is 14.3 Å². The first-order valence-electron chi connectivity index (χ1n) is 8.19. The second kappa shape index (κ2) is 7.70. The highest BCUT2D eigenvalue weighted by Gasteiger charge is 2.14. The first-order chi connectivity index (χ1) is 12.6. The predicted molar refractivity (Wildman–Crippen MR) is 102 cm³/mol. The van der Waals surface area contributed by atoms with Crippen molar-refractivity contribution in [3.8, 4) is 22.9 Å². The van der Waals surface area contributed by atoms with Crippen LogP contribution in [0.5, 0.6) is 11.5 Å². The fourth-order valence-electron chi connectivity index (χ4n) is 2.72. The second-order valence-electron chi connectivity index (χ2n) is 5.71. The van der Waals surface area contributed by atoms with Crippen LogP contribution in [0.3, 0.4) is 0 Å². The van der Waals surface area contributed by atoms with Crippen LogP contribution in [-0.2, 0) is 0 Å². The summed E-state index contributed by atoms with van der Waals surface area (Å²) in [6.07, 6.45) is 3.20. The van der Waals surface area contributed by atoms with E-state index in [0.29, 0.717) is 23.0 Å². The number of nitrogens with zero attached hydrogens (tertiary/aromatic N) is 1. The number of methoxy groups -OCH3 is 2. The molecule has 0 radical (unpaired) electrons. The van der Waals surface area contributed by atoms with E-state index in [4.69, 9.17) is 9.47 Å². The number of ether oxygens (including phenoxy) is 2. The van der Waals surface area contributed by atoms with E-state index in [1.807, 2.05) is 55.5 Å². The normalized spacial score (nSPS) is 10.9. The van der Waals surface area contributed by atoms with Crippen molar-refractivity contribution in [2.75, 3.05) is 14.2 Å². The number of imidazole rings is 1. The van der Waals surface area contributed by atoms with Gasteiger partial charge in [0.1, 0.15) is 11.5 Å². The van der Waals surface area contributed by atoms with Gasteiger partial charge in [0.2, 0.25) is 5.78 Å². The average molecular weight is 348 g/mol. The third-order valence-electron chi connectivity index (χ3n) is 4.01. The Morgan fingerprint density at radius 1 is 1.04 bits per heavy atom. The molecule has 5 heteroatoms. The number of aromatic nitrogens is 2. The Balaban J connectivity index is 1.87. The van der Waals surface area contributed by atoms with E-state index in [1.165, 1.54) is 6.08 Å². The summed E-state index contributed by atoms with van der Waals surface area (Å²) in [4.78, 5) is 20.2. The number of hydrogen-bond acceptors (Lipinski definition) is 4. The van der Waals surface area contributed by atoms with Gasteiger partial charge in [0.25, 0.3) is 0 Å². The number of benzene rings is 2. The van der Waals surface area contributed by atoms with Gasteiger partial charge in [-0.05, 0) is 25.1 Å². The lowest BCUT2D eigenvalue weighted by Crippen LogP contribution is -1.98. The van der Waals surface area contributed by atoms with Gasteiger partial charge in [-0.1, -0.05) is 42.5 Å². The van der Waals surface area contributed by atoms with Gasteiger partial charge in [0.15, 0.2) is 11.5 Å². The van der Waals surface area contributed by atoms with Crippen molar-refractivity contribution in [2.45, 2.75) is 6.92 Å². The Morgan fingerprint density at radius 2 is 1.81 bits per heavy atom. The molecule has 3 rings (SSSR count). The molecule has 0 saturated carbocycles. The van der Waals surface area contributed by atoms with E-state index in [1.54, 1.807) is 20.3 Å². The maximum absolute atomic E-state index is 12.6. The molecule has 3 aromatic rings. The molecule has 132 valence electrons. The lowest BCUT2D eigenvalue weighted by Gasteiger charge is -2.09. The van der Waals surface area contributed by atoms with Crippen LogP contribution in [0.2, 0.25) is 0 Å². The molecule has 0 atom stereocenters. The summed E-state index contributed by atoms with van der Waals surface area (Å²) in [6, 6.07) is 15.2. The highest BCUT2D eigenvalue weighted by atomic mass is 16.5. The summed E-state index contributed by atoms with van der Waals surface area (Å²) in [5.74, 6) is 1.71. The van der Waals surface area contributed by atoms with E-state index in [9.17, 15) is 4.79 Å². The van der Waals surface area contributed by atoms with Crippen LogP contribution in [0.25, 0.3) is 17.5 Å². The summed E-state index contributed by atoms with van der Waals surface area (Å²) in [6.45, 7) is 1.84. The molecule has 1 heterocycles. The van der Waals surface area contributed by atoms with Crippen LogP contribution < -0.4 is 9.47 Å². The van der Waals surface area contributed by atoms with Gasteiger partial charge < -0.3 is 14.5 Å². The SMILES string of the molecule is COc1cccc(C=CC(=O)c2nc(-c3ccccc3)[nH]c2C)c1OC. The molecule has 0 amide bonds. The molecular weight excluding hydrogens is 328 g/mol. The zero-order valence-electron chi connectivity index (χ0n) is 14.9. The topological polar surface area (TPSA) is 64.2 Å². The minimum Gasteiger partial charge on any atom is -0.493 e. The van der Waals surface area contributed by atoms with E-state index < -0.39 is 0 Å². The third kappa shape index (κ3) is 3.52. The summed E-state index contributed by atoms with van der Waals surface area (Å²) in [7, 11) is 3.15. The van der Waals surface area contributed by atoms with Gasteiger partial charge in [-0.3, -0.25) is 4.79 Å². The van der Waals surface area contributed by atoms with Crippen molar-refractivity contribution in [1.82, 2.24) is 9.97 Å². The summed E-state index contributed by atoms with van der Waals surface area (Å²) in [5.41, 5.74) is 2.84. The minimum atomic E-state index is -0.175. The van der Waals surface area contributed by atoms with Crippen LogP contribution >= 0.6 is 0 Å². The minimum absolute atomic E-state index is 0.175. The van der Waals surface area contributed by atoms with Crippen molar-refractivity contribution in [2.24, 2.45) is 0 Å². The standard InChI is InChI=1S/C21H20N2O3/c1-14-19(23-21(22-14)16-8-5-4-6-9-16)17(24)13-12-15-10-7-11-18(25-2)20(15)26-3/h4-13H,1-3H3,(H,22,23). The molecule has 0 bridgehead atoms. The number of nitrogens with one attached hydrogen (secondary N) is 1. The zero-order chi connectivity index (χ0) is 18.5. The van der Waals surface area contributed by atoms with Gasteiger partial charge in [-0.15, -0.1) is 0 Å². The molecule has 1 aromatic heterocycles. The molecule has 0 spiro atoms. The zero-order valence-corrected chi connectivity index (χ0v) is 14.9. The largest absolute Gasteiger partial charge is 0.493 e. The number of carbonyl (C=O) groups is 1. The molecule has 0 aliphatic rings. The van der Waals surface area contributed by atoms with Crippen LogP contribution in [0.4, 0.5) is 0 Å². The number of hydrogen-bond donors (Lipinski definition) is 1. The second-order valence-corrected chi connectivity index (χ2v) is 5.71. The van der Waals surface area contributed by atoms with E-state index in [2.05, 4.69) is 9.97 Å². The quantitative estimate of drug-likeness (QED) is 0.533. The monoisotopic (exact) mass is 348 g/mol. The lowest BCUT2D eigenvalue weighted by molar-refractivity contribution is 0.104. The van der Waals surface area contributed by atoms with Gasteiger partial charge in [-0.25, -0.2) is 4.98 Å². The number of allylic oxidation sites excluding steroid dienone is 1. The number of aryl methyl sites for hydroxylation is 1. The Morgan fingerprint density at radius 3 is 2.50 bits per heavy atom. The Hall–Kier alpha value is -3.34. The maximum atomic E-state index is 12.6. The number of para-hydroxylation sites is 1. The summed E-state index contributed by atoms with van der Waals surface area (Å²) >= 11 is 0. The molecule has 5 nitrogen and oxygen atoms in total. The van der Waals surface area contributed by atoms with E-state index >= 15 is 0 Å². The maximum Gasteiger partial charge on any atom is 0.206 e. The molecule has 26 heavy (non-hydrogen) atoms. The molecule has 0 fully saturated rings. The average Bonchev–Trinajstić information content (AvgIpc) is 3.08. The Kier molecular flexibility index (Phi) is 5.17. The fraction of sp³-hybridized carbons (Fsp3) is 0.143. The first-order valence-corrected chi connectivity index (χ1v) is 8.19. The number of aromatic amines is 1. The molecule has 0 aliphatic carbocycles. The van der Waals surface area contributed by atoms with Crippen LogP contribution in [-0.4, -0.2) is 30.0 Å². The van der Waals surface area contributed by atoms with Crippen LogP contribution in [0, 0.1) is 6.92 Å². The molecule has 1 N–H and O–H groups in total. The van der Waals surface area contributed by atoms with Gasteiger partial charge in [-0.2, -0.15) is 0 Å². The lowest BCUT2D eigenvalue weighted by atomic mass is 10.1. The van der Waals surface area contributed by atoms with Crippen molar-refractivity contribution in [3.05, 3.63) is 71.6 Å². The summed E-state index contributed by atoms with van der Waals surface area (Å²) < 4.78 is 10.7. The molecular formula is C21H20N2O3. The molecule has 0 unspecified atom stereocenters. The van der Waals surface area contributed by atoms with E-state index in [-0.39, 0.29) is 5.78 Å². The molecule has 0 aliphatic heterocycles. The fourth-order valence-corrected chi connectivity index (χ4v) is 2.72.